The fraction of sp³-hybridized carbons (Fsp3) is 0.0625. The molecule has 0 bridgehead atoms. The Morgan fingerprint density at radius 3 is 2.92 bits per heavy atom. The molecule has 2 aromatic carbocycles. The van der Waals surface area contributed by atoms with Crippen LogP contribution < -0.4 is 14.8 Å². The largest absolute Gasteiger partial charge is 0.454 e. The second-order valence-electron chi connectivity index (χ2n) is 5.15. The lowest BCUT2D eigenvalue weighted by Crippen LogP contribution is -2.12. The maximum Gasteiger partial charge on any atom is 0.255 e. The van der Waals surface area contributed by atoms with Crippen molar-refractivity contribution in [1.29, 1.82) is 0 Å². The molecule has 1 aliphatic heterocycles. The summed E-state index contributed by atoms with van der Waals surface area (Å²) in [5.41, 5.74) is 0.789. The zero-order valence-electron chi connectivity index (χ0n) is 12.6. The van der Waals surface area contributed by atoms with Crippen LogP contribution in [0.2, 0.25) is 5.02 Å². The molecule has 25 heavy (non-hydrogen) atoms. The molecule has 0 unspecified atom stereocenters. The highest BCUT2D eigenvalue weighted by Crippen LogP contribution is 2.39. The van der Waals surface area contributed by atoms with E-state index < -0.39 is 11.7 Å². The van der Waals surface area contributed by atoms with Gasteiger partial charge in [0, 0.05) is 11.3 Å². The van der Waals surface area contributed by atoms with Gasteiger partial charge in [0.1, 0.15) is 18.3 Å². The molecular formula is C16H10ClFN4O3. The first-order valence-corrected chi connectivity index (χ1v) is 7.54. The molecule has 0 spiro atoms. The number of fused-ring (bicyclic) bond motifs is 1. The summed E-state index contributed by atoms with van der Waals surface area (Å²) in [5, 5.41) is 6.75. The number of anilines is 1. The van der Waals surface area contributed by atoms with Gasteiger partial charge in [-0.1, -0.05) is 11.6 Å². The first kappa shape index (κ1) is 15.4. The fourth-order valence-electron chi connectivity index (χ4n) is 2.40. The van der Waals surface area contributed by atoms with E-state index in [9.17, 15) is 9.18 Å². The summed E-state index contributed by atoms with van der Waals surface area (Å²) >= 11 is 6.06. The number of hydrogen-bond donors (Lipinski definition) is 1. The second kappa shape index (κ2) is 6.06. The van der Waals surface area contributed by atoms with Crippen molar-refractivity contribution in [1.82, 2.24) is 14.8 Å². The highest BCUT2D eigenvalue weighted by Gasteiger charge is 2.21. The molecule has 4 rings (SSSR count). The van der Waals surface area contributed by atoms with Crippen molar-refractivity contribution in [2.24, 2.45) is 0 Å². The topological polar surface area (TPSA) is 78.3 Å². The summed E-state index contributed by atoms with van der Waals surface area (Å²) in [6.45, 7) is 0.0507. The summed E-state index contributed by atoms with van der Waals surface area (Å²) in [5.74, 6) is -0.202. The Balaban J connectivity index is 1.57. The fourth-order valence-corrected chi connectivity index (χ4v) is 2.67. The van der Waals surface area contributed by atoms with E-state index in [-0.39, 0.29) is 23.1 Å². The smallest absolute Gasteiger partial charge is 0.255 e. The standard InChI is InChI=1S/C16H10ClFN4O3/c17-11-3-9(4-14-15(11)25-8-24-14)16(23)21-10-1-2-13(12(18)5-10)22-7-19-6-20-22/h1-7H,8H2,(H,21,23). The van der Waals surface area contributed by atoms with Crippen LogP contribution in [0.4, 0.5) is 10.1 Å². The van der Waals surface area contributed by atoms with Gasteiger partial charge < -0.3 is 14.8 Å². The number of hydrogen-bond acceptors (Lipinski definition) is 5. The van der Waals surface area contributed by atoms with Gasteiger partial charge in [0.15, 0.2) is 17.3 Å². The number of halogens is 2. The maximum atomic E-state index is 14.2. The van der Waals surface area contributed by atoms with E-state index in [1.807, 2.05) is 0 Å². The third-order valence-corrected chi connectivity index (χ3v) is 3.84. The summed E-state index contributed by atoms with van der Waals surface area (Å²) in [7, 11) is 0. The average molecular weight is 361 g/mol. The zero-order chi connectivity index (χ0) is 17.4. The predicted molar refractivity (Wildman–Crippen MR) is 86.8 cm³/mol. The average Bonchev–Trinajstić information content (AvgIpc) is 3.26. The van der Waals surface area contributed by atoms with Gasteiger partial charge in [-0.25, -0.2) is 14.1 Å². The van der Waals surface area contributed by atoms with Gasteiger partial charge in [-0.05, 0) is 30.3 Å². The highest BCUT2D eigenvalue weighted by molar-refractivity contribution is 6.32. The van der Waals surface area contributed by atoms with E-state index >= 15 is 0 Å². The van der Waals surface area contributed by atoms with E-state index in [0.717, 1.165) is 0 Å². The van der Waals surface area contributed by atoms with Crippen molar-refractivity contribution in [3.63, 3.8) is 0 Å². The second-order valence-corrected chi connectivity index (χ2v) is 5.56. The van der Waals surface area contributed by atoms with Gasteiger partial charge in [-0.3, -0.25) is 4.79 Å². The van der Waals surface area contributed by atoms with Crippen molar-refractivity contribution < 1.29 is 18.7 Å². The van der Waals surface area contributed by atoms with Crippen LogP contribution in [0.15, 0.2) is 43.0 Å². The molecule has 3 aromatic rings. The van der Waals surface area contributed by atoms with Gasteiger partial charge in [-0.15, -0.1) is 0 Å². The van der Waals surface area contributed by atoms with Crippen molar-refractivity contribution in [2.75, 3.05) is 12.1 Å². The van der Waals surface area contributed by atoms with Crippen molar-refractivity contribution >= 4 is 23.2 Å². The lowest BCUT2D eigenvalue weighted by molar-refractivity contribution is 0.102. The van der Waals surface area contributed by atoms with Gasteiger partial charge in [0.05, 0.1) is 5.02 Å². The number of nitrogens with one attached hydrogen (secondary N) is 1. The number of aromatic nitrogens is 3. The molecule has 1 aliphatic rings. The van der Waals surface area contributed by atoms with E-state index in [4.69, 9.17) is 21.1 Å². The first-order valence-electron chi connectivity index (χ1n) is 7.17. The van der Waals surface area contributed by atoms with Gasteiger partial charge in [-0.2, -0.15) is 5.10 Å². The van der Waals surface area contributed by atoms with Crippen molar-refractivity contribution in [2.45, 2.75) is 0 Å². The van der Waals surface area contributed by atoms with Crippen LogP contribution in [0.25, 0.3) is 5.69 Å². The van der Waals surface area contributed by atoms with Crippen LogP contribution in [0.5, 0.6) is 11.5 Å². The molecule has 1 aromatic heterocycles. The zero-order valence-corrected chi connectivity index (χ0v) is 13.3. The highest BCUT2D eigenvalue weighted by atomic mass is 35.5. The summed E-state index contributed by atoms with van der Waals surface area (Å²) in [6, 6.07) is 7.23. The quantitative estimate of drug-likeness (QED) is 0.776. The Morgan fingerprint density at radius 1 is 1.28 bits per heavy atom. The molecule has 0 saturated carbocycles. The number of rotatable bonds is 3. The molecule has 1 amide bonds. The molecule has 0 radical (unpaired) electrons. The maximum absolute atomic E-state index is 14.2. The van der Waals surface area contributed by atoms with E-state index in [1.165, 1.54) is 41.6 Å². The number of nitrogens with zero attached hydrogens (tertiary/aromatic N) is 3. The molecule has 2 heterocycles. The molecule has 7 nitrogen and oxygen atoms in total. The minimum absolute atomic E-state index is 0.0507. The van der Waals surface area contributed by atoms with Crippen LogP contribution in [0.1, 0.15) is 10.4 Å². The predicted octanol–water partition coefficient (Wildman–Crippen LogP) is 3.04. The van der Waals surface area contributed by atoms with E-state index in [1.54, 1.807) is 6.07 Å². The molecule has 9 heteroatoms. The molecule has 126 valence electrons. The van der Waals surface area contributed by atoms with Crippen LogP contribution in [0, 0.1) is 5.82 Å². The molecule has 0 aliphatic carbocycles. The lowest BCUT2D eigenvalue weighted by atomic mass is 10.1. The Bertz CT molecular complexity index is 962. The third-order valence-electron chi connectivity index (χ3n) is 3.56. The van der Waals surface area contributed by atoms with Gasteiger partial charge >= 0.3 is 0 Å². The van der Waals surface area contributed by atoms with Crippen LogP contribution in [-0.2, 0) is 0 Å². The summed E-state index contributed by atoms with van der Waals surface area (Å²) in [4.78, 5) is 16.1. The number of carbonyl (C=O) groups is 1. The van der Waals surface area contributed by atoms with Crippen LogP contribution >= 0.6 is 11.6 Å². The number of ether oxygens (including phenoxy) is 2. The Labute approximate surface area is 146 Å². The van der Waals surface area contributed by atoms with E-state index in [0.29, 0.717) is 17.2 Å². The molecular weight excluding hydrogens is 351 g/mol. The Morgan fingerprint density at radius 2 is 2.16 bits per heavy atom. The monoisotopic (exact) mass is 360 g/mol. The summed E-state index contributed by atoms with van der Waals surface area (Å²) in [6.07, 6.45) is 2.68. The van der Waals surface area contributed by atoms with Crippen LogP contribution in [0.3, 0.4) is 0 Å². The Hall–Kier alpha value is -3.13. The van der Waals surface area contributed by atoms with Crippen molar-refractivity contribution in [3.05, 3.63) is 59.4 Å². The number of benzene rings is 2. The number of carbonyl (C=O) groups excluding carboxylic acids is 1. The van der Waals surface area contributed by atoms with Crippen LogP contribution in [-0.4, -0.2) is 27.5 Å². The molecule has 0 atom stereocenters. The Kier molecular flexibility index (Phi) is 3.73. The summed E-state index contributed by atoms with van der Waals surface area (Å²) < 4.78 is 25.9. The third kappa shape index (κ3) is 2.87. The minimum Gasteiger partial charge on any atom is -0.454 e. The molecule has 1 N–H and O–H groups in total. The first-order chi connectivity index (χ1) is 12.1. The number of amides is 1. The minimum atomic E-state index is -0.549. The van der Waals surface area contributed by atoms with Gasteiger partial charge in [0.25, 0.3) is 5.91 Å². The van der Waals surface area contributed by atoms with E-state index in [2.05, 4.69) is 15.4 Å². The van der Waals surface area contributed by atoms with Gasteiger partial charge in [0.2, 0.25) is 6.79 Å². The normalized spacial score (nSPS) is 12.2. The molecule has 0 saturated heterocycles. The SMILES string of the molecule is O=C(Nc1ccc(-n2cncn2)c(F)c1)c1cc(Cl)c2c(c1)OCO2. The molecule has 0 fully saturated rings. The lowest BCUT2D eigenvalue weighted by Gasteiger charge is -2.09. The van der Waals surface area contributed by atoms with Crippen molar-refractivity contribution in [3.8, 4) is 17.2 Å².